The van der Waals surface area contributed by atoms with Crippen molar-refractivity contribution in [3.05, 3.63) is 35.9 Å². The number of ether oxygens (including phenoxy) is 2. The molecule has 0 radical (unpaired) electrons. The van der Waals surface area contributed by atoms with Crippen LogP contribution >= 0.6 is 0 Å². The van der Waals surface area contributed by atoms with E-state index in [-0.39, 0.29) is 5.60 Å². The Hall–Kier alpha value is -0.860. The maximum absolute atomic E-state index is 6.13. The molecule has 0 spiro atoms. The first kappa shape index (κ1) is 12.8. The van der Waals surface area contributed by atoms with E-state index < -0.39 is 0 Å². The van der Waals surface area contributed by atoms with Crippen LogP contribution in [0.15, 0.2) is 30.3 Å². The van der Waals surface area contributed by atoms with Gasteiger partial charge >= 0.3 is 0 Å². The van der Waals surface area contributed by atoms with Gasteiger partial charge in [-0.1, -0.05) is 44.2 Å². The Bertz CT molecular complexity index is 495. The molecule has 3 aliphatic carbocycles. The van der Waals surface area contributed by atoms with E-state index in [1.807, 2.05) is 6.07 Å². The molecule has 2 nitrogen and oxygen atoms in total. The van der Waals surface area contributed by atoms with E-state index in [2.05, 4.69) is 38.1 Å². The fourth-order valence-electron chi connectivity index (χ4n) is 4.68. The van der Waals surface area contributed by atoms with Crippen molar-refractivity contribution in [2.75, 3.05) is 6.61 Å². The normalized spacial score (nSPS) is 39.8. The third-order valence-corrected chi connectivity index (χ3v) is 6.16. The van der Waals surface area contributed by atoms with Crippen LogP contribution < -0.4 is 0 Å². The molecule has 4 fully saturated rings. The van der Waals surface area contributed by atoms with Crippen molar-refractivity contribution in [3.8, 4) is 0 Å². The molecule has 108 valence electrons. The molecule has 3 saturated carbocycles. The lowest BCUT2D eigenvalue weighted by Crippen LogP contribution is -2.57. The van der Waals surface area contributed by atoms with Crippen LogP contribution in [-0.2, 0) is 16.1 Å². The Morgan fingerprint density at radius 2 is 2.00 bits per heavy atom. The van der Waals surface area contributed by atoms with Gasteiger partial charge in [-0.05, 0) is 35.7 Å². The summed E-state index contributed by atoms with van der Waals surface area (Å²) in [5.41, 5.74) is 1.92. The van der Waals surface area contributed by atoms with E-state index in [0.29, 0.717) is 11.5 Å². The van der Waals surface area contributed by atoms with Crippen LogP contribution in [0.5, 0.6) is 0 Å². The quantitative estimate of drug-likeness (QED) is 0.601. The van der Waals surface area contributed by atoms with Crippen LogP contribution in [0, 0.1) is 17.3 Å². The van der Waals surface area contributed by atoms with Gasteiger partial charge in [0.1, 0.15) is 5.60 Å². The van der Waals surface area contributed by atoms with Gasteiger partial charge in [-0.3, -0.25) is 0 Å². The van der Waals surface area contributed by atoms with E-state index in [1.165, 1.54) is 18.4 Å². The second kappa shape index (κ2) is 4.32. The summed E-state index contributed by atoms with van der Waals surface area (Å²) >= 11 is 0. The van der Waals surface area contributed by atoms with E-state index in [4.69, 9.17) is 9.47 Å². The highest BCUT2D eigenvalue weighted by molar-refractivity contribution is 5.22. The molecule has 0 N–H and O–H groups in total. The lowest BCUT2D eigenvalue weighted by atomic mass is 9.45. The van der Waals surface area contributed by atoms with E-state index >= 15 is 0 Å². The van der Waals surface area contributed by atoms with Crippen molar-refractivity contribution >= 4 is 0 Å². The van der Waals surface area contributed by atoms with Gasteiger partial charge in [0.2, 0.25) is 0 Å². The van der Waals surface area contributed by atoms with Crippen molar-refractivity contribution in [2.45, 2.75) is 51.4 Å². The summed E-state index contributed by atoms with van der Waals surface area (Å²) < 4.78 is 12.0. The highest BCUT2D eigenvalue weighted by Gasteiger charge is 2.74. The topological polar surface area (TPSA) is 21.8 Å². The summed E-state index contributed by atoms with van der Waals surface area (Å²) in [5, 5.41) is 0. The van der Waals surface area contributed by atoms with Crippen molar-refractivity contribution in [3.63, 3.8) is 0 Å². The van der Waals surface area contributed by atoms with Gasteiger partial charge in [0.05, 0.1) is 12.7 Å². The lowest BCUT2D eigenvalue weighted by Gasteiger charge is -2.58. The second-order valence-electron chi connectivity index (χ2n) is 7.39. The summed E-state index contributed by atoms with van der Waals surface area (Å²) in [7, 11) is 0. The molecular weight excluding hydrogens is 248 g/mol. The van der Waals surface area contributed by atoms with Crippen molar-refractivity contribution in [1.29, 1.82) is 0 Å². The maximum atomic E-state index is 6.13. The van der Waals surface area contributed by atoms with Gasteiger partial charge in [0, 0.05) is 13.0 Å². The average Bonchev–Trinajstić information content (AvgIpc) is 3.19. The molecule has 1 saturated heterocycles. The molecule has 1 aromatic rings. The minimum atomic E-state index is 0.176. The van der Waals surface area contributed by atoms with Gasteiger partial charge in [0.25, 0.3) is 0 Å². The van der Waals surface area contributed by atoms with Crippen LogP contribution in [0.1, 0.15) is 38.7 Å². The van der Waals surface area contributed by atoms with Crippen LogP contribution in [0.4, 0.5) is 0 Å². The zero-order chi connectivity index (χ0) is 13.8. The fourth-order valence-corrected chi connectivity index (χ4v) is 4.68. The Labute approximate surface area is 121 Å². The van der Waals surface area contributed by atoms with Crippen LogP contribution in [0.2, 0.25) is 0 Å². The predicted octanol–water partition coefficient (Wildman–Crippen LogP) is 3.80. The minimum absolute atomic E-state index is 0.176. The van der Waals surface area contributed by atoms with Gasteiger partial charge in [0.15, 0.2) is 0 Å². The number of rotatable bonds is 5. The Balaban J connectivity index is 1.30. The first-order valence-electron chi connectivity index (χ1n) is 7.92. The van der Waals surface area contributed by atoms with Gasteiger partial charge < -0.3 is 9.47 Å². The minimum Gasteiger partial charge on any atom is -0.377 e. The molecular formula is C18H24O2. The highest BCUT2D eigenvalue weighted by atomic mass is 16.6. The van der Waals surface area contributed by atoms with Gasteiger partial charge in [-0.2, -0.15) is 0 Å². The third kappa shape index (κ3) is 1.78. The lowest BCUT2D eigenvalue weighted by molar-refractivity contribution is -0.0919. The van der Waals surface area contributed by atoms with E-state index in [9.17, 15) is 0 Å². The molecule has 4 unspecified atom stereocenters. The van der Waals surface area contributed by atoms with Crippen LogP contribution in [0.25, 0.3) is 0 Å². The van der Waals surface area contributed by atoms with Crippen molar-refractivity contribution in [1.82, 2.24) is 0 Å². The largest absolute Gasteiger partial charge is 0.377 e. The molecule has 5 rings (SSSR count). The molecule has 20 heavy (non-hydrogen) atoms. The van der Waals surface area contributed by atoms with Crippen LogP contribution in [0.3, 0.4) is 0 Å². The Kier molecular flexibility index (Phi) is 2.77. The van der Waals surface area contributed by atoms with Crippen LogP contribution in [-0.4, -0.2) is 18.3 Å². The summed E-state index contributed by atoms with van der Waals surface area (Å²) in [6.45, 7) is 6.40. The van der Waals surface area contributed by atoms with E-state index in [1.54, 1.807) is 0 Å². The Morgan fingerprint density at radius 1 is 1.20 bits per heavy atom. The summed E-state index contributed by atoms with van der Waals surface area (Å²) in [5.74, 6) is 1.66. The standard InChI is InChI=1S/C18H24O2/c1-17(2)14-10-15(17)18(16(11-14)20-18)8-9-19-12-13-6-4-3-5-7-13/h3-7,14-16H,8-12H2,1-2H3. The van der Waals surface area contributed by atoms with Crippen molar-refractivity contribution in [2.24, 2.45) is 17.3 Å². The molecule has 2 heteroatoms. The molecule has 4 atom stereocenters. The average molecular weight is 272 g/mol. The zero-order valence-electron chi connectivity index (χ0n) is 12.5. The molecule has 1 aromatic carbocycles. The summed E-state index contributed by atoms with van der Waals surface area (Å²) in [6.07, 6.45) is 4.27. The molecule has 1 heterocycles. The van der Waals surface area contributed by atoms with E-state index in [0.717, 1.165) is 31.5 Å². The molecule has 4 aliphatic rings. The number of hydrogen-bond acceptors (Lipinski definition) is 2. The summed E-state index contributed by atoms with van der Waals surface area (Å²) in [4.78, 5) is 0. The first-order chi connectivity index (χ1) is 9.63. The van der Waals surface area contributed by atoms with Crippen molar-refractivity contribution < 1.29 is 9.47 Å². The molecule has 2 bridgehead atoms. The Morgan fingerprint density at radius 3 is 2.75 bits per heavy atom. The highest BCUT2D eigenvalue weighted by Crippen LogP contribution is 2.71. The summed E-state index contributed by atoms with van der Waals surface area (Å²) in [6, 6.07) is 10.4. The maximum Gasteiger partial charge on any atom is 0.100 e. The number of benzene rings is 1. The molecule has 0 aromatic heterocycles. The third-order valence-electron chi connectivity index (χ3n) is 6.16. The van der Waals surface area contributed by atoms with Gasteiger partial charge in [-0.15, -0.1) is 0 Å². The predicted molar refractivity (Wildman–Crippen MR) is 78.3 cm³/mol. The number of epoxide rings is 1. The number of hydrogen-bond donors (Lipinski definition) is 0. The SMILES string of the molecule is CC1(C)C2CC3OC3(CCOCc3ccccc3)C1C2. The monoisotopic (exact) mass is 272 g/mol. The molecule has 1 aliphatic heterocycles. The first-order valence-corrected chi connectivity index (χ1v) is 7.92. The smallest absolute Gasteiger partial charge is 0.100 e. The second-order valence-corrected chi connectivity index (χ2v) is 7.39. The molecule has 0 amide bonds. The zero-order valence-corrected chi connectivity index (χ0v) is 12.5. The fraction of sp³-hybridized carbons (Fsp3) is 0.667. The van der Waals surface area contributed by atoms with Gasteiger partial charge in [-0.25, -0.2) is 0 Å².